The van der Waals surface area contributed by atoms with Gasteiger partial charge in [0.25, 0.3) is 0 Å². The SMILES string of the molecule is CN(Cc1cc(O)c(O)c(O)c1)C(=S)/C=C/c1cc(O)c(O)c(CSCc2ccccc2)c1. The van der Waals surface area contributed by atoms with Crippen molar-refractivity contribution in [1.29, 1.82) is 0 Å². The van der Waals surface area contributed by atoms with Crippen molar-refractivity contribution in [2.45, 2.75) is 18.1 Å². The number of benzene rings is 3. The third-order valence-electron chi connectivity index (χ3n) is 4.90. The molecule has 5 N–H and O–H groups in total. The zero-order valence-electron chi connectivity index (χ0n) is 18.0. The molecule has 0 heterocycles. The minimum absolute atomic E-state index is 0.126. The van der Waals surface area contributed by atoms with E-state index in [9.17, 15) is 25.5 Å². The molecule has 0 atom stereocenters. The Morgan fingerprint density at radius 1 is 0.848 bits per heavy atom. The zero-order valence-corrected chi connectivity index (χ0v) is 19.6. The number of nitrogens with zero attached hydrogens (tertiary/aromatic N) is 1. The lowest BCUT2D eigenvalue weighted by molar-refractivity contribution is 0.365. The number of rotatable bonds is 8. The first-order valence-corrected chi connectivity index (χ1v) is 11.6. The van der Waals surface area contributed by atoms with Crippen molar-refractivity contribution in [3.05, 3.63) is 82.9 Å². The average molecular weight is 484 g/mol. The van der Waals surface area contributed by atoms with E-state index in [4.69, 9.17) is 12.2 Å². The minimum Gasteiger partial charge on any atom is -0.504 e. The van der Waals surface area contributed by atoms with Crippen LogP contribution >= 0.6 is 24.0 Å². The van der Waals surface area contributed by atoms with E-state index in [0.717, 1.165) is 5.75 Å². The molecule has 0 radical (unpaired) electrons. The molecular formula is C25H25NO5S2. The maximum absolute atomic E-state index is 10.2. The summed E-state index contributed by atoms with van der Waals surface area (Å²) in [5, 5.41) is 49.2. The van der Waals surface area contributed by atoms with Crippen LogP contribution in [0, 0.1) is 0 Å². The number of likely N-dealkylation sites (N-methyl/N-ethyl adjacent to an activating group) is 1. The first kappa shape index (κ1) is 24.3. The summed E-state index contributed by atoms with van der Waals surface area (Å²) in [6, 6.07) is 16.0. The highest BCUT2D eigenvalue weighted by molar-refractivity contribution is 7.97. The Labute approximate surface area is 202 Å². The highest BCUT2D eigenvalue weighted by atomic mass is 32.2. The van der Waals surface area contributed by atoms with Gasteiger partial charge in [-0.25, -0.2) is 0 Å². The van der Waals surface area contributed by atoms with Gasteiger partial charge in [-0.15, -0.1) is 0 Å². The number of hydrogen-bond donors (Lipinski definition) is 5. The highest BCUT2D eigenvalue weighted by Gasteiger charge is 2.11. The van der Waals surface area contributed by atoms with Crippen LogP contribution in [0.3, 0.4) is 0 Å². The molecule has 0 aliphatic carbocycles. The number of aromatic hydroxyl groups is 5. The summed E-state index contributed by atoms with van der Waals surface area (Å²) in [6.07, 6.45) is 3.44. The molecule has 6 nitrogen and oxygen atoms in total. The Morgan fingerprint density at radius 2 is 1.48 bits per heavy atom. The van der Waals surface area contributed by atoms with Crippen LogP contribution in [0.2, 0.25) is 0 Å². The van der Waals surface area contributed by atoms with Crippen LogP contribution in [-0.4, -0.2) is 42.5 Å². The lowest BCUT2D eigenvalue weighted by Crippen LogP contribution is -2.22. The Morgan fingerprint density at radius 3 is 2.15 bits per heavy atom. The van der Waals surface area contributed by atoms with Crippen LogP contribution in [0.1, 0.15) is 22.3 Å². The predicted molar refractivity (Wildman–Crippen MR) is 136 cm³/mol. The largest absolute Gasteiger partial charge is 0.504 e. The van der Waals surface area contributed by atoms with E-state index < -0.39 is 17.2 Å². The molecule has 0 spiro atoms. The standard InChI is InChI=1S/C25H25NO5S2/c1-26(13-18-11-21(28)25(31)22(29)12-18)23(32)8-7-17-9-19(24(30)20(27)10-17)15-33-14-16-5-3-2-4-6-16/h2-12,27-31H,13-15H2,1H3/b8-7+. The fourth-order valence-corrected chi connectivity index (χ4v) is 4.26. The first-order chi connectivity index (χ1) is 15.7. The Hall–Kier alpha value is -3.36. The molecule has 3 aromatic rings. The van der Waals surface area contributed by atoms with Gasteiger partial charge in [0.05, 0.1) is 0 Å². The zero-order chi connectivity index (χ0) is 24.0. The molecule has 0 fully saturated rings. The molecule has 33 heavy (non-hydrogen) atoms. The van der Waals surface area contributed by atoms with Gasteiger partial charge in [0.2, 0.25) is 0 Å². The molecule has 0 aliphatic heterocycles. The summed E-state index contributed by atoms with van der Waals surface area (Å²) >= 11 is 7.07. The maximum atomic E-state index is 10.2. The molecule has 0 aliphatic rings. The third kappa shape index (κ3) is 6.57. The van der Waals surface area contributed by atoms with Gasteiger partial charge in [-0.3, -0.25) is 0 Å². The number of thiocarbonyl (C=S) groups is 1. The molecule has 0 bridgehead atoms. The van der Waals surface area contributed by atoms with Crippen LogP contribution in [0.15, 0.2) is 60.7 Å². The Bertz CT molecular complexity index is 1140. The summed E-state index contributed by atoms with van der Waals surface area (Å²) < 4.78 is 0. The lowest BCUT2D eigenvalue weighted by atomic mass is 10.1. The second-order valence-corrected chi connectivity index (χ2v) is 8.94. The molecule has 0 saturated heterocycles. The Balaban J connectivity index is 1.65. The van der Waals surface area contributed by atoms with Gasteiger partial charge >= 0.3 is 0 Å². The number of thioether (sulfide) groups is 1. The van der Waals surface area contributed by atoms with Crippen molar-refractivity contribution in [3.63, 3.8) is 0 Å². The van der Waals surface area contributed by atoms with Gasteiger partial charge in [0.15, 0.2) is 28.7 Å². The summed E-state index contributed by atoms with van der Waals surface area (Å²) in [7, 11) is 1.76. The number of phenolic OH excluding ortho intramolecular Hbond substituents is 5. The average Bonchev–Trinajstić information content (AvgIpc) is 2.79. The molecule has 3 rings (SSSR count). The van der Waals surface area contributed by atoms with E-state index in [0.29, 0.717) is 34.0 Å². The van der Waals surface area contributed by atoms with Crippen molar-refractivity contribution in [2.75, 3.05) is 7.05 Å². The molecule has 172 valence electrons. The van der Waals surface area contributed by atoms with E-state index in [1.807, 2.05) is 36.4 Å². The second-order valence-electron chi connectivity index (χ2n) is 7.54. The van der Waals surface area contributed by atoms with Crippen LogP contribution in [0.25, 0.3) is 6.08 Å². The molecular weight excluding hydrogens is 458 g/mol. The fraction of sp³-hybridized carbons (Fsp3) is 0.160. The van der Waals surface area contributed by atoms with Gasteiger partial charge in [0.1, 0.15) is 4.99 Å². The van der Waals surface area contributed by atoms with Crippen molar-refractivity contribution in [2.24, 2.45) is 0 Å². The van der Waals surface area contributed by atoms with Gasteiger partial charge < -0.3 is 30.4 Å². The molecule has 0 amide bonds. The van der Waals surface area contributed by atoms with Crippen molar-refractivity contribution < 1.29 is 25.5 Å². The molecule has 8 heteroatoms. The normalized spacial score (nSPS) is 11.1. The van der Waals surface area contributed by atoms with E-state index in [1.54, 1.807) is 35.9 Å². The van der Waals surface area contributed by atoms with Gasteiger partial charge in [0, 0.05) is 30.7 Å². The summed E-state index contributed by atoms with van der Waals surface area (Å²) in [4.78, 5) is 2.21. The van der Waals surface area contributed by atoms with Crippen molar-refractivity contribution in [1.82, 2.24) is 4.90 Å². The highest BCUT2D eigenvalue weighted by Crippen LogP contribution is 2.36. The molecule has 3 aromatic carbocycles. The summed E-state index contributed by atoms with van der Waals surface area (Å²) in [5.74, 6) is -0.365. The fourth-order valence-electron chi connectivity index (χ4n) is 3.16. The van der Waals surface area contributed by atoms with E-state index >= 15 is 0 Å². The maximum Gasteiger partial charge on any atom is 0.200 e. The Kier molecular flexibility index (Phi) is 8.08. The van der Waals surface area contributed by atoms with Crippen LogP contribution in [-0.2, 0) is 18.1 Å². The summed E-state index contributed by atoms with van der Waals surface area (Å²) in [6.45, 7) is 0.298. The predicted octanol–water partition coefficient (Wildman–Crippen LogP) is 5.12. The van der Waals surface area contributed by atoms with Gasteiger partial charge in [-0.1, -0.05) is 48.6 Å². The van der Waals surface area contributed by atoms with Crippen LogP contribution in [0.4, 0.5) is 0 Å². The van der Waals surface area contributed by atoms with Crippen molar-refractivity contribution in [3.8, 4) is 28.7 Å². The smallest absolute Gasteiger partial charge is 0.200 e. The van der Waals surface area contributed by atoms with E-state index in [-0.39, 0.29) is 11.5 Å². The third-order valence-corrected chi connectivity index (χ3v) is 6.40. The van der Waals surface area contributed by atoms with Gasteiger partial charge in [-0.2, -0.15) is 11.8 Å². The van der Waals surface area contributed by atoms with E-state index in [2.05, 4.69) is 0 Å². The van der Waals surface area contributed by atoms with E-state index in [1.165, 1.54) is 23.8 Å². The van der Waals surface area contributed by atoms with Crippen molar-refractivity contribution >= 4 is 35.0 Å². The second kappa shape index (κ2) is 11.0. The summed E-state index contributed by atoms with van der Waals surface area (Å²) in [5.41, 5.74) is 3.08. The first-order valence-electron chi connectivity index (χ1n) is 10.1. The number of phenols is 5. The molecule has 0 saturated carbocycles. The van der Waals surface area contributed by atoms with Crippen LogP contribution < -0.4 is 0 Å². The minimum atomic E-state index is -0.561. The lowest BCUT2D eigenvalue weighted by Gasteiger charge is -2.18. The molecule has 0 aromatic heterocycles. The molecule has 0 unspecified atom stereocenters. The topological polar surface area (TPSA) is 104 Å². The monoisotopic (exact) mass is 483 g/mol. The number of hydrogen-bond acceptors (Lipinski definition) is 7. The van der Waals surface area contributed by atoms with Crippen LogP contribution in [0.5, 0.6) is 28.7 Å². The van der Waals surface area contributed by atoms with Gasteiger partial charge in [-0.05, 0) is 47.0 Å². The quantitative estimate of drug-likeness (QED) is 0.171.